The summed E-state index contributed by atoms with van der Waals surface area (Å²) in [6.45, 7) is -0.525. The lowest BCUT2D eigenvalue weighted by atomic mass is 10.2. The van der Waals surface area contributed by atoms with Gasteiger partial charge in [0.25, 0.3) is 5.91 Å². The summed E-state index contributed by atoms with van der Waals surface area (Å²) in [6, 6.07) is 2.57. The number of nitrogens with one attached hydrogen (secondary N) is 1. The number of aromatic hydroxyl groups is 1. The Morgan fingerprint density at radius 1 is 1.43 bits per heavy atom. The van der Waals surface area contributed by atoms with Gasteiger partial charge in [0.2, 0.25) is 0 Å². The summed E-state index contributed by atoms with van der Waals surface area (Å²) in [5.41, 5.74) is -0.0726. The summed E-state index contributed by atoms with van der Waals surface area (Å²) in [7, 11) is 0. The quantitative estimate of drug-likeness (QED) is 0.679. The van der Waals surface area contributed by atoms with Crippen molar-refractivity contribution in [2.45, 2.75) is 0 Å². The van der Waals surface area contributed by atoms with E-state index in [0.717, 1.165) is 0 Å². The molecule has 0 saturated carbocycles. The molecule has 0 unspecified atom stereocenters. The fourth-order valence-electron chi connectivity index (χ4n) is 0.906. The van der Waals surface area contributed by atoms with Crippen molar-refractivity contribution in [1.29, 1.82) is 0 Å². The van der Waals surface area contributed by atoms with Crippen LogP contribution < -0.4 is 5.32 Å². The lowest BCUT2D eigenvalue weighted by Gasteiger charge is -2.06. The van der Waals surface area contributed by atoms with Gasteiger partial charge in [0.05, 0.1) is 10.6 Å². The average Bonchev–Trinajstić information content (AvgIpc) is 2.11. The molecular formula is C8H7Cl2NO3. The molecule has 0 aliphatic heterocycles. The number of hydrogen-bond donors (Lipinski definition) is 3. The van der Waals surface area contributed by atoms with E-state index < -0.39 is 12.6 Å². The Kier molecular flexibility index (Phi) is 3.57. The first-order valence-electron chi connectivity index (χ1n) is 3.63. The van der Waals surface area contributed by atoms with Crippen LogP contribution in [0.2, 0.25) is 10.0 Å². The Labute approximate surface area is 90.1 Å². The minimum Gasteiger partial charge on any atom is -0.506 e. The molecule has 0 fully saturated rings. The molecule has 1 amide bonds. The molecule has 6 heteroatoms. The van der Waals surface area contributed by atoms with Crippen LogP contribution in [-0.4, -0.2) is 22.9 Å². The fraction of sp³-hybridized carbons (Fsp3) is 0.125. The first-order chi connectivity index (χ1) is 6.56. The zero-order valence-electron chi connectivity index (χ0n) is 6.92. The predicted molar refractivity (Wildman–Crippen MR) is 52.7 cm³/mol. The third-order valence-electron chi connectivity index (χ3n) is 1.51. The van der Waals surface area contributed by atoms with Crippen LogP contribution in [0.25, 0.3) is 0 Å². The van der Waals surface area contributed by atoms with E-state index in [1.165, 1.54) is 12.1 Å². The van der Waals surface area contributed by atoms with Crippen molar-refractivity contribution in [2.24, 2.45) is 0 Å². The van der Waals surface area contributed by atoms with Crippen LogP contribution >= 0.6 is 23.2 Å². The molecular weight excluding hydrogens is 229 g/mol. The number of aliphatic hydroxyl groups excluding tert-OH is 1. The van der Waals surface area contributed by atoms with E-state index in [1.807, 2.05) is 0 Å². The van der Waals surface area contributed by atoms with Crippen molar-refractivity contribution in [1.82, 2.24) is 5.32 Å². The third kappa shape index (κ3) is 2.29. The third-order valence-corrected chi connectivity index (χ3v) is 2.02. The number of hydrogen-bond acceptors (Lipinski definition) is 3. The van der Waals surface area contributed by atoms with Crippen molar-refractivity contribution in [3.63, 3.8) is 0 Å². The number of phenolic OH excluding ortho intramolecular Hbond substituents is 1. The standard InChI is InChI=1S/C8H7Cl2NO3/c9-4-1-5(8(14)11-3-12)7(13)6(10)2-4/h1-2,12-13H,3H2,(H,11,14). The first kappa shape index (κ1) is 11.1. The van der Waals surface area contributed by atoms with Gasteiger partial charge in [-0.15, -0.1) is 0 Å². The van der Waals surface area contributed by atoms with Gasteiger partial charge in [-0.05, 0) is 12.1 Å². The molecule has 0 heterocycles. The van der Waals surface area contributed by atoms with E-state index in [1.54, 1.807) is 0 Å². The van der Waals surface area contributed by atoms with E-state index >= 15 is 0 Å². The second kappa shape index (κ2) is 4.50. The fourth-order valence-corrected chi connectivity index (χ4v) is 1.40. The number of rotatable bonds is 2. The van der Waals surface area contributed by atoms with Gasteiger partial charge in [0.1, 0.15) is 12.5 Å². The van der Waals surface area contributed by atoms with Crippen molar-refractivity contribution in [3.8, 4) is 5.75 Å². The van der Waals surface area contributed by atoms with Crippen molar-refractivity contribution < 1.29 is 15.0 Å². The molecule has 1 aromatic rings. The molecule has 76 valence electrons. The van der Waals surface area contributed by atoms with Crippen LogP contribution in [0.15, 0.2) is 12.1 Å². The molecule has 1 aromatic carbocycles. The maximum atomic E-state index is 11.2. The van der Waals surface area contributed by atoms with Crippen LogP contribution in [0.5, 0.6) is 5.75 Å². The molecule has 0 saturated heterocycles. The minimum atomic E-state index is -0.644. The van der Waals surface area contributed by atoms with Crippen LogP contribution in [0, 0.1) is 0 Å². The number of carbonyl (C=O) groups excluding carboxylic acids is 1. The molecule has 0 aliphatic rings. The minimum absolute atomic E-state index is 0.0133. The number of aliphatic hydroxyl groups is 1. The van der Waals surface area contributed by atoms with Crippen LogP contribution in [0.1, 0.15) is 10.4 Å². The summed E-state index contributed by atoms with van der Waals surface area (Å²) in [4.78, 5) is 11.2. The van der Waals surface area contributed by atoms with Gasteiger partial charge in [0.15, 0.2) is 0 Å². The molecule has 0 spiro atoms. The zero-order chi connectivity index (χ0) is 10.7. The van der Waals surface area contributed by atoms with Crippen molar-refractivity contribution in [3.05, 3.63) is 27.7 Å². The summed E-state index contributed by atoms with van der Waals surface area (Å²) < 4.78 is 0. The number of halogens is 2. The van der Waals surface area contributed by atoms with Gasteiger partial charge < -0.3 is 15.5 Å². The van der Waals surface area contributed by atoms with E-state index in [2.05, 4.69) is 5.32 Å². The first-order valence-corrected chi connectivity index (χ1v) is 4.39. The molecule has 4 nitrogen and oxygen atoms in total. The van der Waals surface area contributed by atoms with Gasteiger partial charge in [-0.3, -0.25) is 4.79 Å². The van der Waals surface area contributed by atoms with Gasteiger partial charge >= 0.3 is 0 Å². The van der Waals surface area contributed by atoms with E-state index in [4.69, 9.17) is 28.3 Å². The topological polar surface area (TPSA) is 69.6 Å². The highest BCUT2D eigenvalue weighted by Gasteiger charge is 2.14. The van der Waals surface area contributed by atoms with Crippen molar-refractivity contribution in [2.75, 3.05) is 6.73 Å². The number of carbonyl (C=O) groups is 1. The summed E-state index contributed by atoms with van der Waals surface area (Å²) in [5, 5.41) is 20.1. The second-order valence-corrected chi connectivity index (χ2v) is 3.29. The molecule has 3 N–H and O–H groups in total. The van der Waals surface area contributed by atoms with Crippen LogP contribution in [0.3, 0.4) is 0 Å². The van der Waals surface area contributed by atoms with Gasteiger partial charge in [-0.25, -0.2) is 0 Å². The molecule has 0 bridgehead atoms. The number of phenols is 1. The molecule has 0 aromatic heterocycles. The summed E-state index contributed by atoms with van der Waals surface area (Å²) in [5.74, 6) is -1.00. The molecule has 0 radical (unpaired) electrons. The highest BCUT2D eigenvalue weighted by molar-refractivity contribution is 6.36. The average molecular weight is 236 g/mol. The monoisotopic (exact) mass is 235 g/mol. The Morgan fingerprint density at radius 2 is 2.07 bits per heavy atom. The number of amides is 1. The van der Waals surface area contributed by atoms with E-state index in [9.17, 15) is 9.90 Å². The highest BCUT2D eigenvalue weighted by atomic mass is 35.5. The maximum Gasteiger partial charge on any atom is 0.256 e. The Balaban J connectivity index is 3.13. The molecule has 0 atom stereocenters. The van der Waals surface area contributed by atoms with Gasteiger partial charge in [-0.1, -0.05) is 23.2 Å². The van der Waals surface area contributed by atoms with E-state index in [0.29, 0.717) is 0 Å². The lowest BCUT2D eigenvalue weighted by molar-refractivity contribution is 0.0907. The lowest BCUT2D eigenvalue weighted by Crippen LogP contribution is -2.24. The molecule has 14 heavy (non-hydrogen) atoms. The Morgan fingerprint density at radius 3 is 2.64 bits per heavy atom. The zero-order valence-corrected chi connectivity index (χ0v) is 8.43. The number of benzene rings is 1. The molecule has 0 aliphatic carbocycles. The SMILES string of the molecule is O=C(NCO)c1cc(Cl)cc(Cl)c1O. The summed E-state index contributed by atoms with van der Waals surface area (Å²) in [6.07, 6.45) is 0. The largest absolute Gasteiger partial charge is 0.506 e. The van der Waals surface area contributed by atoms with Gasteiger partial charge in [0, 0.05) is 5.02 Å². The maximum absolute atomic E-state index is 11.2. The van der Waals surface area contributed by atoms with Gasteiger partial charge in [-0.2, -0.15) is 0 Å². The normalized spacial score (nSPS) is 9.93. The second-order valence-electron chi connectivity index (χ2n) is 2.45. The highest BCUT2D eigenvalue weighted by Crippen LogP contribution is 2.30. The predicted octanol–water partition coefficient (Wildman–Crippen LogP) is 1.38. The Bertz CT molecular complexity index is 368. The van der Waals surface area contributed by atoms with Crippen LogP contribution in [0.4, 0.5) is 0 Å². The Hall–Kier alpha value is -0.970. The smallest absolute Gasteiger partial charge is 0.256 e. The van der Waals surface area contributed by atoms with E-state index in [-0.39, 0.29) is 21.4 Å². The van der Waals surface area contributed by atoms with Crippen LogP contribution in [-0.2, 0) is 0 Å². The summed E-state index contributed by atoms with van der Waals surface area (Å²) >= 11 is 11.2. The van der Waals surface area contributed by atoms with Crippen molar-refractivity contribution >= 4 is 29.1 Å². The molecule has 1 rings (SSSR count).